The van der Waals surface area contributed by atoms with Gasteiger partial charge >= 0.3 is 0 Å². The molecular weight excluding hydrogens is 264 g/mol. The second kappa shape index (κ2) is 5.60. The summed E-state index contributed by atoms with van der Waals surface area (Å²) < 4.78 is 7.24. The lowest BCUT2D eigenvalue weighted by Crippen LogP contribution is -2.18. The molecule has 110 valence electrons. The van der Waals surface area contributed by atoms with E-state index in [2.05, 4.69) is 22.3 Å². The minimum atomic E-state index is 0.324. The molecule has 0 saturated carbocycles. The second-order valence-corrected chi connectivity index (χ2v) is 5.50. The molecule has 3 heterocycles. The van der Waals surface area contributed by atoms with Gasteiger partial charge < -0.3 is 9.73 Å². The summed E-state index contributed by atoms with van der Waals surface area (Å²) in [7, 11) is 0. The largest absolute Gasteiger partial charge is 0.469 e. The van der Waals surface area contributed by atoms with Gasteiger partial charge in [-0.3, -0.25) is 0 Å². The molecule has 3 aromatic rings. The molecule has 5 heteroatoms. The van der Waals surface area contributed by atoms with Crippen LogP contribution in [0.25, 0.3) is 5.65 Å². The number of nitrogens with one attached hydrogen (secondary N) is 1. The molecule has 0 aliphatic carbocycles. The van der Waals surface area contributed by atoms with Crippen molar-refractivity contribution in [3.8, 4) is 0 Å². The average Bonchev–Trinajstić information content (AvgIpc) is 3.04. The Morgan fingerprint density at radius 3 is 2.90 bits per heavy atom. The van der Waals surface area contributed by atoms with Crippen LogP contribution in [0, 0.1) is 13.8 Å². The molecule has 21 heavy (non-hydrogen) atoms. The van der Waals surface area contributed by atoms with Crippen molar-refractivity contribution in [1.29, 1.82) is 0 Å². The molecule has 0 fully saturated rings. The van der Waals surface area contributed by atoms with E-state index in [4.69, 9.17) is 4.42 Å². The highest BCUT2D eigenvalue weighted by atomic mass is 16.3. The number of aromatic nitrogens is 3. The second-order valence-electron chi connectivity index (χ2n) is 5.50. The topological polar surface area (TPSA) is 55.4 Å². The van der Waals surface area contributed by atoms with Crippen molar-refractivity contribution in [2.24, 2.45) is 0 Å². The van der Waals surface area contributed by atoms with E-state index in [1.165, 1.54) is 0 Å². The summed E-state index contributed by atoms with van der Waals surface area (Å²) in [6.45, 7) is 6.15. The standard InChI is InChI=1S/C16H20N4O/c1-11(6-7-14-5-4-8-21-14)17-15-9-12(2)18-16-10-13(3)19-20(15)16/h4-5,8-11,17H,6-7H2,1-3H3/t11-/m0/s1. The lowest BCUT2D eigenvalue weighted by atomic mass is 10.1. The summed E-state index contributed by atoms with van der Waals surface area (Å²) >= 11 is 0. The number of fused-ring (bicyclic) bond motifs is 1. The van der Waals surface area contributed by atoms with Gasteiger partial charge in [-0.15, -0.1) is 0 Å². The quantitative estimate of drug-likeness (QED) is 0.780. The Kier molecular flexibility index (Phi) is 3.64. The Bertz CT molecular complexity index is 730. The minimum absolute atomic E-state index is 0.324. The lowest BCUT2D eigenvalue weighted by molar-refractivity contribution is 0.494. The zero-order valence-corrected chi connectivity index (χ0v) is 12.6. The Hall–Kier alpha value is -2.30. The Labute approximate surface area is 124 Å². The summed E-state index contributed by atoms with van der Waals surface area (Å²) in [5, 5.41) is 8.01. The predicted octanol–water partition coefficient (Wildman–Crippen LogP) is 3.37. The highest BCUT2D eigenvalue weighted by molar-refractivity contribution is 5.50. The minimum Gasteiger partial charge on any atom is -0.469 e. The van der Waals surface area contributed by atoms with Crippen LogP contribution < -0.4 is 5.32 Å². The van der Waals surface area contributed by atoms with Crippen molar-refractivity contribution < 1.29 is 4.42 Å². The normalized spacial score (nSPS) is 12.7. The number of aryl methyl sites for hydroxylation is 3. The van der Waals surface area contributed by atoms with Crippen LogP contribution in [0.4, 0.5) is 5.82 Å². The van der Waals surface area contributed by atoms with Crippen molar-refractivity contribution in [2.45, 2.75) is 39.7 Å². The lowest BCUT2D eigenvalue weighted by Gasteiger charge is -2.15. The molecule has 0 unspecified atom stereocenters. The van der Waals surface area contributed by atoms with Gasteiger partial charge in [-0.1, -0.05) is 0 Å². The first-order chi connectivity index (χ1) is 10.1. The van der Waals surface area contributed by atoms with E-state index in [1.807, 2.05) is 42.6 Å². The van der Waals surface area contributed by atoms with E-state index < -0.39 is 0 Å². The average molecular weight is 284 g/mol. The summed E-state index contributed by atoms with van der Waals surface area (Å²) in [6, 6.07) is 8.28. The molecule has 0 aliphatic rings. The van der Waals surface area contributed by atoms with Gasteiger partial charge in [0.25, 0.3) is 0 Å². The summed E-state index contributed by atoms with van der Waals surface area (Å²) in [6.07, 6.45) is 3.64. The number of anilines is 1. The maximum Gasteiger partial charge on any atom is 0.157 e. The van der Waals surface area contributed by atoms with Crippen LogP contribution in [0.3, 0.4) is 0 Å². The molecule has 3 aromatic heterocycles. The van der Waals surface area contributed by atoms with E-state index in [9.17, 15) is 0 Å². The van der Waals surface area contributed by atoms with E-state index in [0.717, 1.165) is 41.5 Å². The van der Waals surface area contributed by atoms with Gasteiger partial charge in [0.15, 0.2) is 5.65 Å². The summed E-state index contributed by atoms with van der Waals surface area (Å²) in [5.74, 6) is 2.01. The Morgan fingerprint density at radius 1 is 1.29 bits per heavy atom. The monoisotopic (exact) mass is 284 g/mol. The first-order valence-corrected chi connectivity index (χ1v) is 7.25. The zero-order chi connectivity index (χ0) is 14.8. The van der Waals surface area contributed by atoms with E-state index in [-0.39, 0.29) is 0 Å². The van der Waals surface area contributed by atoms with Crippen LogP contribution in [0.15, 0.2) is 34.9 Å². The number of hydrogen-bond donors (Lipinski definition) is 1. The van der Waals surface area contributed by atoms with Gasteiger partial charge in [0.2, 0.25) is 0 Å². The zero-order valence-electron chi connectivity index (χ0n) is 12.6. The molecule has 0 aromatic carbocycles. The Balaban J connectivity index is 1.74. The molecule has 0 amide bonds. The fourth-order valence-electron chi connectivity index (χ4n) is 2.46. The van der Waals surface area contributed by atoms with Crippen molar-refractivity contribution in [3.63, 3.8) is 0 Å². The maximum atomic E-state index is 5.37. The van der Waals surface area contributed by atoms with Crippen LogP contribution in [-0.2, 0) is 6.42 Å². The molecule has 0 aliphatic heterocycles. The fourth-order valence-corrected chi connectivity index (χ4v) is 2.46. The number of furan rings is 1. The molecule has 3 rings (SSSR count). The molecular formula is C16H20N4O. The molecule has 0 spiro atoms. The molecule has 0 bridgehead atoms. The summed E-state index contributed by atoms with van der Waals surface area (Å²) in [5.41, 5.74) is 2.84. The smallest absolute Gasteiger partial charge is 0.157 e. The van der Waals surface area contributed by atoms with Gasteiger partial charge in [-0.05, 0) is 39.3 Å². The number of nitrogens with zero attached hydrogens (tertiary/aromatic N) is 3. The van der Waals surface area contributed by atoms with Crippen molar-refractivity contribution in [3.05, 3.63) is 47.7 Å². The van der Waals surface area contributed by atoms with Crippen molar-refractivity contribution in [2.75, 3.05) is 5.32 Å². The third kappa shape index (κ3) is 3.07. The first-order valence-electron chi connectivity index (χ1n) is 7.25. The third-order valence-corrected chi connectivity index (χ3v) is 3.48. The molecule has 0 saturated heterocycles. The SMILES string of the molecule is Cc1cc(N[C@@H](C)CCc2ccco2)n2nc(C)cc2n1. The van der Waals surface area contributed by atoms with Gasteiger partial charge in [-0.25, -0.2) is 4.98 Å². The van der Waals surface area contributed by atoms with Crippen molar-refractivity contribution in [1.82, 2.24) is 14.6 Å². The van der Waals surface area contributed by atoms with E-state index in [0.29, 0.717) is 6.04 Å². The Morgan fingerprint density at radius 2 is 2.14 bits per heavy atom. The van der Waals surface area contributed by atoms with Crippen molar-refractivity contribution >= 4 is 11.5 Å². The highest BCUT2D eigenvalue weighted by Crippen LogP contribution is 2.16. The van der Waals surface area contributed by atoms with Crippen LogP contribution in [0.1, 0.15) is 30.5 Å². The molecule has 5 nitrogen and oxygen atoms in total. The fraction of sp³-hybridized carbons (Fsp3) is 0.375. The van der Waals surface area contributed by atoms with Gasteiger partial charge in [0, 0.05) is 30.3 Å². The van der Waals surface area contributed by atoms with E-state index >= 15 is 0 Å². The predicted molar refractivity (Wildman–Crippen MR) is 82.6 cm³/mol. The maximum absolute atomic E-state index is 5.37. The van der Waals surface area contributed by atoms with Crippen LogP contribution in [-0.4, -0.2) is 20.6 Å². The first kappa shape index (κ1) is 13.7. The van der Waals surface area contributed by atoms with Crippen LogP contribution in [0.5, 0.6) is 0 Å². The van der Waals surface area contributed by atoms with Gasteiger partial charge in [-0.2, -0.15) is 9.61 Å². The molecule has 1 atom stereocenters. The van der Waals surface area contributed by atoms with Crippen LogP contribution >= 0.6 is 0 Å². The van der Waals surface area contributed by atoms with E-state index in [1.54, 1.807) is 6.26 Å². The highest BCUT2D eigenvalue weighted by Gasteiger charge is 2.10. The third-order valence-electron chi connectivity index (χ3n) is 3.48. The van der Waals surface area contributed by atoms with Crippen LogP contribution in [0.2, 0.25) is 0 Å². The number of hydrogen-bond acceptors (Lipinski definition) is 4. The number of rotatable bonds is 5. The van der Waals surface area contributed by atoms with Gasteiger partial charge in [0.1, 0.15) is 11.6 Å². The molecule has 1 N–H and O–H groups in total. The molecule has 0 radical (unpaired) electrons. The van der Waals surface area contributed by atoms with Gasteiger partial charge in [0.05, 0.1) is 12.0 Å². The summed E-state index contributed by atoms with van der Waals surface area (Å²) in [4.78, 5) is 4.50.